The zero-order valence-corrected chi connectivity index (χ0v) is 15.3. The molecule has 2 aromatic carbocycles. The van der Waals surface area contributed by atoms with Gasteiger partial charge < -0.3 is 14.4 Å². The predicted octanol–water partition coefficient (Wildman–Crippen LogP) is 3.36. The topological polar surface area (TPSA) is 92.9 Å². The first-order valence-corrected chi connectivity index (χ1v) is 8.63. The number of carboxylic acids is 1. The average Bonchev–Trinajstić information content (AvgIpc) is 3.16. The first-order chi connectivity index (χ1) is 13.5. The van der Waals surface area contributed by atoms with Crippen LogP contribution in [0.25, 0.3) is 5.69 Å². The van der Waals surface area contributed by atoms with Gasteiger partial charge >= 0.3 is 5.97 Å². The van der Waals surface area contributed by atoms with E-state index < -0.39 is 11.9 Å². The van der Waals surface area contributed by atoms with Gasteiger partial charge in [-0.1, -0.05) is 29.8 Å². The Bertz CT molecular complexity index is 1030. The van der Waals surface area contributed by atoms with E-state index in [9.17, 15) is 9.59 Å². The highest BCUT2D eigenvalue weighted by molar-refractivity contribution is 6.32. The molecule has 0 aliphatic carbocycles. The molecule has 0 atom stereocenters. The summed E-state index contributed by atoms with van der Waals surface area (Å²) in [5.74, 6) is -1.03. The summed E-state index contributed by atoms with van der Waals surface area (Å²) in [7, 11) is 0. The molecule has 0 radical (unpaired) electrons. The number of carbonyl (C=O) groups is 2. The Labute approximate surface area is 165 Å². The van der Waals surface area contributed by atoms with Gasteiger partial charge in [0.15, 0.2) is 6.61 Å². The number of ether oxygens (including phenoxy) is 1. The van der Waals surface area contributed by atoms with Gasteiger partial charge in [-0.25, -0.2) is 10.2 Å². The van der Waals surface area contributed by atoms with E-state index >= 15 is 0 Å². The van der Waals surface area contributed by atoms with Crippen LogP contribution in [0.1, 0.15) is 16.1 Å². The highest BCUT2D eigenvalue weighted by Crippen LogP contribution is 2.22. The third-order valence-corrected chi connectivity index (χ3v) is 4.05. The molecule has 8 heteroatoms. The molecule has 1 amide bonds. The quantitative estimate of drug-likeness (QED) is 0.472. The summed E-state index contributed by atoms with van der Waals surface area (Å²) < 4.78 is 7.09. The van der Waals surface area contributed by atoms with Crippen LogP contribution in [-0.2, 0) is 4.79 Å². The molecule has 0 spiro atoms. The lowest BCUT2D eigenvalue weighted by molar-refractivity contribution is -0.123. The SMILES string of the molecule is O=C(COc1ccccc1Cl)N/N=C/c1cccn1-c1cccc(C(=O)O)c1. The number of carbonyl (C=O) groups excluding carboxylic acids is 1. The Kier molecular flexibility index (Phi) is 6.08. The number of hydrogen-bond acceptors (Lipinski definition) is 4. The smallest absolute Gasteiger partial charge is 0.335 e. The third-order valence-electron chi connectivity index (χ3n) is 3.73. The molecule has 1 aromatic heterocycles. The Morgan fingerprint density at radius 1 is 1.14 bits per heavy atom. The fraction of sp³-hybridized carbons (Fsp3) is 0.0500. The molecule has 3 aromatic rings. The average molecular weight is 398 g/mol. The van der Waals surface area contributed by atoms with Crippen molar-refractivity contribution >= 4 is 29.7 Å². The van der Waals surface area contributed by atoms with E-state index in [0.717, 1.165) is 0 Å². The van der Waals surface area contributed by atoms with Crippen molar-refractivity contribution in [1.29, 1.82) is 0 Å². The molecule has 0 unspecified atom stereocenters. The van der Waals surface area contributed by atoms with Crippen molar-refractivity contribution in [3.8, 4) is 11.4 Å². The molecule has 0 aliphatic heterocycles. The molecule has 0 saturated carbocycles. The van der Waals surface area contributed by atoms with Gasteiger partial charge in [0, 0.05) is 11.9 Å². The van der Waals surface area contributed by atoms with E-state index in [2.05, 4.69) is 10.5 Å². The highest BCUT2D eigenvalue weighted by Gasteiger charge is 2.07. The fourth-order valence-electron chi connectivity index (χ4n) is 2.43. The zero-order valence-electron chi connectivity index (χ0n) is 14.6. The monoisotopic (exact) mass is 397 g/mol. The summed E-state index contributed by atoms with van der Waals surface area (Å²) in [6.45, 7) is -0.233. The van der Waals surface area contributed by atoms with E-state index in [1.54, 1.807) is 65.4 Å². The predicted molar refractivity (Wildman–Crippen MR) is 105 cm³/mol. The lowest BCUT2D eigenvalue weighted by atomic mass is 10.2. The molecule has 142 valence electrons. The summed E-state index contributed by atoms with van der Waals surface area (Å²) in [6, 6.07) is 16.9. The van der Waals surface area contributed by atoms with Crippen LogP contribution >= 0.6 is 11.6 Å². The molecule has 2 N–H and O–H groups in total. The van der Waals surface area contributed by atoms with E-state index in [0.29, 0.717) is 22.2 Å². The second kappa shape index (κ2) is 8.88. The van der Waals surface area contributed by atoms with Gasteiger partial charge in [0.25, 0.3) is 5.91 Å². The van der Waals surface area contributed by atoms with Crippen molar-refractivity contribution in [2.24, 2.45) is 5.10 Å². The van der Waals surface area contributed by atoms with Crippen molar-refractivity contribution in [1.82, 2.24) is 9.99 Å². The second-order valence-electron chi connectivity index (χ2n) is 5.67. The summed E-state index contributed by atoms with van der Waals surface area (Å²) in [5.41, 5.74) is 3.88. The van der Waals surface area contributed by atoms with Gasteiger partial charge in [-0.2, -0.15) is 5.10 Å². The Morgan fingerprint density at radius 3 is 2.75 bits per heavy atom. The van der Waals surface area contributed by atoms with E-state index in [1.807, 2.05) is 0 Å². The third kappa shape index (κ3) is 4.77. The van der Waals surface area contributed by atoms with E-state index in [4.69, 9.17) is 21.4 Å². The van der Waals surface area contributed by atoms with Crippen molar-refractivity contribution < 1.29 is 19.4 Å². The van der Waals surface area contributed by atoms with Crippen LogP contribution in [-0.4, -0.2) is 34.4 Å². The van der Waals surface area contributed by atoms with Crippen LogP contribution < -0.4 is 10.2 Å². The fourth-order valence-corrected chi connectivity index (χ4v) is 2.62. The number of aromatic nitrogens is 1. The number of hydrazone groups is 1. The zero-order chi connectivity index (χ0) is 19.9. The van der Waals surface area contributed by atoms with Gasteiger partial charge in [-0.3, -0.25) is 4.79 Å². The maximum Gasteiger partial charge on any atom is 0.335 e. The van der Waals surface area contributed by atoms with Crippen LogP contribution in [0.2, 0.25) is 5.02 Å². The molecule has 3 rings (SSSR count). The van der Waals surface area contributed by atoms with Gasteiger partial charge in [0.05, 0.1) is 22.5 Å². The lowest BCUT2D eigenvalue weighted by Crippen LogP contribution is -2.24. The normalized spacial score (nSPS) is 10.8. The van der Waals surface area contributed by atoms with Crippen LogP contribution in [0, 0.1) is 0 Å². The molecule has 1 heterocycles. The second-order valence-corrected chi connectivity index (χ2v) is 6.08. The Morgan fingerprint density at radius 2 is 1.96 bits per heavy atom. The summed E-state index contributed by atoms with van der Waals surface area (Å²) in [5, 5.41) is 13.5. The molecule has 0 aliphatic rings. The molecule has 28 heavy (non-hydrogen) atoms. The largest absolute Gasteiger partial charge is 0.482 e. The summed E-state index contributed by atoms with van der Waals surface area (Å²) in [4.78, 5) is 23.0. The summed E-state index contributed by atoms with van der Waals surface area (Å²) >= 11 is 5.96. The van der Waals surface area contributed by atoms with Gasteiger partial charge in [0.2, 0.25) is 0 Å². The first-order valence-electron chi connectivity index (χ1n) is 8.25. The lowest BCUT2D eigenvalue weighted by Gasteiger charge is -2.08. The van der Waals surface area contributed by atoms with Crippen molar-refractivity contribution in [2.45, 2.75) is 0 Å². The van der Waals surface area contributed by atoms with Crippen molar-refractivity contribution in [3.05, 3.63) is 83.1 Å². The number of nitrogens with one attached hydrogen (secondary N) is 1. The molecular formula is C20H16ClN3O4. The van der Waals surface area contributed by atoms with E-state index in [-0.39, 0.29) is 12.2 Å². The van der Waals surface area contributed by atoms with Crippen LogP contribution in [0.3, 0.4) is 0 Å². The summed E-state index contributed by atoms with van der Waals surface area (Å²) in [6.07, 6.45) is 3.23. The number of nitrogens with zero attached hydrogens (tertiary/aromatic N) is 2. The first kappa shape index (κ1) is 19.2. The number of halogens is 1. The highest BCUT2D eigenvalue weighted by atomic mass is 35.5. The number of hydrogen-bond donors (Lipinski definition) is 2. The van der Waals surface area contributed by atoms with Crippen LogP contribution in [0.5, 0.6) is 5.75 Å². The van der Waals surface area contributed by atoms with Gasteiger partial charge in [0.1, 0.15) is 5.75 Å². The maximum absolute atomic E-state index is 11.9. The number of carboxylic acid groups (broad SMARTS) is 1. The maximum atomic E-state index is 11.9. The molecule has 0 fully saturated rings. The number of rotatable bonds is 7. The number of aromatic carboxylic acids is 1. The van der Waals surface area contributed by atoms with Gasteiger partial charge in [-0.05, 0) is 42.5 Å². The minimum Gasteiger partial charge on any atom is -0.482 e. The minimum absolute atomic E-state index is 0.180. The van der Waals surface area contributed by atoms with E-state index in [1.165, 1.54) is 12.3 Å². The van der Waals surface area contributed by atoms with Crippen molar-refractivity contribution in [2.75, 3.05) is 6.61 Å². The molecule has 7 nitrogen and oxygen atoms in total. The number of benzene rings is 2. The van der Waals surface area contributed by atoms with Crippen LogP contribution in [0.4, 0.5) is 0 Å². The number of para-hydroxylation sites is 1. The molecule has 0 bridgehead atoms. The molecular weight excluding hydrogens is 382 g/mol. The Hall–Kier alpha value is -3.58. The molecule has 0 saturated heterocycles. The minimum atomic E-state index is -1.00. The van der Waals surface area contributed by atoms with Crippen molar-refractivity contribution in [3.63, 3.8) is 0 Å². The van der Waals surface area contributed by atoms with Gasteiger partial charge in [-0.15, -0.1) is 0 Å². The number of amides is 1. The Balaban J connectivity index is 1.62. The standard InChI is InChI=1S/C20H16ClN3O4/c21-17-8-1-2-9-18(17)28-13-19(25)23-22-12-16-7-4-10-24(16)15-6-3-5-14(11-15)20(26)27/h1-12H,13H2,(H,23,25)(H,26,27)/b22-12+. The van der Waals surface area contributed by atoms with Crippen LogP contribution in [0.15, 0.2) is 72.0 Å².